The molecule has 42 heavy (non-hydrogen) atoms. The average Bonchev–Trinajstić information content (AvgIpc) is 3.44. The van der Waals surface area contributed by atoms with Crippen molar-refractivity contribution in [3.8, 4) is 0 Å². The topological polar surface area (TPSA) is 237 Å². The van der Waals surface area contributed by atoms with Crippen molar-refractivity contribution < 1.29 is 43.8 Å². The number of aliphatic carboxylic acids is 2. The SMILES string of the molecule is CC[C@H](C)[C@H](NC(=O)[C@H](C)NC(=O)[C@@H](NC(=O)[C@@H]1CCCN1C(=O)[C@@H](N)CCC(=O)O)[C@@H](C)CC)C(=O)NCC(=O)O. The Morgan fingerprint density at radius 2 is 1.40 bits per heavy atom. The van der Waals surface area contributed by atoms with Gasteiger partial charge in [0.15, 0.2) is 0 Å². The van der Waals surface area contributed by atoms with Gasteiger partial charge in [0, 0.05) is 13.0 Å². The predicted octanol–water partition coefficient (Wildman–Crippen LogP) is -1.06. The third-order valence-electron chi connectivity index (χ3n) is 7.58. The molecule has 0 radical (unpaired) electrons. The smallest absolute Gasteiger partial charge is 0.322 e. The van der Waals surface area contributed by atoms with E-state index in [2.05, 4.69) is 21.3 Å². The van der Waals surface area contributed by atoms with Gasteiger partial charge in [-0.3, -0.25) is 33.6 Å². The van der Waals surface area contributed by atoms with Crippen molar-refractivity contribution in [1.82, 2.24) is 26.2 Å². The van der Waals surface area contributed by atoms with E-state index in [1.807, 2.05) is 13.8 Å². The van der Waals surface area contributed by atoms with E-state index in [1.165, 1.54) is 11.8 Å². The Morgan fingerprint density at radius 3 is 1.93 bits per heavy atom. The standard InChI is InChI=1S/C27H46N6O9/c1-6-14(3)21(25(40)29-13-20(36)37)31-23(38)16(5)30-26(41)22(15(4)7-2)32-24(39)18-9-8-12-33(18)27(42)17(28)10-11-19(34)35/h14-18,21-22H,6-13,28H2,1-5H3,(H,29,40)(H,30,41)(H,31,38)(H,32,39)(H,34,35)(H,36,37)/t14-,15-,16-,17-,18-,21-,22-/m0/s1. The molecule has 1 rings (SSSR count). The lowest BCUT2D eigenvalue weighted by Gasteiger charge is -2.30. The van der Waals surface area contributed by atoms with Gasteiger partial charge in [-0.25, -0.2) is 0 Å². The van der Waals surface area contributed by atoms with Crippen LogP contribution in [0.1, 0.15) is 73.1 Å². The Morgan fingerprint density at radius 1 is 0.833 bits per heavy atom. The Bertz CT molecular complexity index is 1010. The highest BCUT2D eigenvalue weighted by Gasteiger charge is 2.39. The molecule has 0 spiro atoms. The number of carbonyl (C=O) groups excluding carboxylic acids is 5. The van der Waals surface area contributed by atoms with Crippen LogP contribution in [0.3, 0.4) is 0 Å². The fourth-order valence-electron chi connectivity index (χ4n) is 4.49. The van der Waals surface area contributed by atoms with Gasteiger partial charge in [-0.05, 0) is 38.0 Å². The fraction of sp³-hybridized carbons (Fsp3) is 0.741. The summed E-state index contributed by atoms with van der Waals surface area (Å²) in [4.78, 5) is 87.8. The number of likely N-dealkylation sites (tertiary alicyclic amines) is 1. The monoisotopic (exact) mass is 598 g/mol. The lowest BCUT2D eigenvalue weighted by molar-refractivity contribution is -0.141. The summed E-state index contributed by atoms with van der Waals surface area (Å²) >= 11 is 0. The molecule has 0 bridgehead atoms. The van der Waals surface area contributed by atoms with Crippen molar-refractivity contribution >= 4 is 41.5 Å². The van der Waals surface area contributed by atoms with Gasteiger partial charge in [0.05, 0.1) is 6.04 Å². The molecule has 1 aliphatic rings. The molecule has 1 saturated heterocycles. The molecule has 8 N–H and O–H groups in total. The van der Waals surface area contributed by atoms with E-state index in [9.17, 15) is 33.6 Å². The highest BCUT2D eigenvalue weighted by Crippen LogP contribution is 2.20. The molecule has 7 atom stereocenters. The second-order valence-corrected chi connectivity index (χ2v) is 10.8. The van der Waals surface area contributed by atoms with Gasteiger partial charge in [0.2, 0.25) is 29.5 Å². The van der Waals surface area contributed by atoms with Gasteiger partial charge in [-0.2, -0.15) is 0 Å². The number of carboxylic acids is 2. The number of nitrogens with two attached hydrogens (primary N) is 1. The maximum Gasteiger partial charge on any atom is 0.322 e. The molecule has 15 heteroatoms. The highest BCUT2D eigenvalue weighted by molar-refractivity contribution is 5.96. The second kappa shape index (κ2) is 17.3. The molecular formula is C27H46N6O9. The molecule has 15 nitrogen and oxygen atoms in total. The zero-order chi connectivity index (χ0) is 32.1. The van der Waals surface area contributed by atoms with Crippen molar-refractivity contribution in [3.05, 3.63) is 0 Å². The van der Waals surface area contributed by atoms with E-state index in [1.54, 1.807) is 13.8 Å². The normalized spacial score (nSPS) is 18.9. The number of rotatable bonds is 17. The van der Waals surface area contributed by atoms with Crippen molar-refractivity contribution in [2.75, 3.05) is 13.1 Å². The van der Waals surface area contributed by atoms with Crippen molar-refractivity contribution in [3.63, 3.8) is 0 Å². The van der Waals surface area contributed by atoms with Crippen molar-refractivity contribution in [2.24, 2.45) is 17.6 Å². The van der Waals surface area contributed by atoms with E-state index in [4.69, 9.17) is 15.9 Å². The van der Waals surface area contributed by atoms with E-state index in [0.29, 0.717) is 25.7 Å². The molecule has 0 unspecified atom stereocenters. The molecule has 5 amide bonds. The van der Waals surface area contributed by atoms with Crippen LogP contribution in [0.5, 0.6) is 0 Å². The molecule has 0 aliphatic carbocycles. The highest BCUT2D eigenvalue weighted by atomic mass is 16.4. The largest absolute Gasteiger partial charge is 0.481 e. The lowest BCUT2D eigenvalue weighted by atomic mass is 9.96. The second-order valence-electron chi connectivity index (χ2n) is 10.8. The van der Waals surface area contributed by atoms with Crippen molar-refractivity contribution in [1.29, 1.82) is 0 Å². The first-order valence-corrected chi connectivity index (χ1v) is 14.3. The van der Waals surface area contributed by atoms with Crippen molar-refractivity contribution in [2.45, 2.75) is 103 Å². The zero-order valence-corrected chi connectivity index (χ0v) is 25.0. The van der Waals surface area contributed by atoms with Crippen LogP contribution in [0, 0.1) is 11.8 Å². The third kappa shape index (κ3) is 10.9. The number of carboxylic acid groups (broad SMARTS) is 2. The summed E-state index contributed by atoms with van der Waals surface area (Å²) in [6, 6.07) is -5.13. The first kappa shape index (κ1) is 36.3. The van der Waals surface area contributed by atoms with Gasteiger partial charge in [-0.1, -0.05) is 40.5 Å². The van der Waals surface area contributed by atoms with Gasteiger partial charge in [0.1, 0.15) is 30.7 Å². The maximum absolute atomic E-state index is 13.3. The number of nitrogens with zero attached hydrogens (tertiary/aromatic N) is 1. The Hall–Kier alpha value is -3.75. The predicted molar refractivity (Wildman–Crippen MR) is 151 cm³/mol. The molecule has 1 aliphatic heterocycles. The molecule has 0 aromatic heterocycles. The van der Waals surface area contributed by atoms with E-state index in [-0.39, 0.29) is 31.2 Å². The van der Waals surface area contributed by atoms with Crippen LogP contribution in [-0.2, 0) is 33.6 Å². The Labute approximate surface area is 245 Å². The molecule has 1 fully saturated rings. The quantitative estimate of drug-likeness (QED) is 0.107. The number of carbonyl (C=O) groups is 7. The lowest BCUT2D eigenvalue weighted by Crippen LogP contribution is -2.59. The van der Waals surface area contributed by atoms with E-state index < -0.39 is 78.2 Å². The van der Waals surface area contributed by atoms with Crippen LogP contribution in [0.4, 0.5) is 0 Å². The minimum absolute atomic E-state index is 0.0734. The molecule has 1 heterocycles. The Kier molecular flexibility index (Phi) is 14.9. The number of amides is 5. The first-order chi connectivity index (χ1) is 19.6. The maximum atomic E-state index is 13.3. The summed E-state index contributed by atoms with van der Waals surface area (Å²) in [5, 5.41) is 27.8. The summed E-state index contributed by atoms with van der Waals surface area (Å²) < 4.78 is 0. The number of hydrogen-bond donors (Lipinski definition) is 7. The van der Waals surface area contributed by atoms with Crippen LogP contribution < -0.4 is 27.0 Å². The average molecular weight is 599 g/mol. The summed E-state index contributed by atoms with van der Waals surface area (Å²) in [5.74, 6) is -6.06. The van der Waals surface area contributed by atoms with Crippen LogP contribution >= 0.6 is 0 Å². The fourth-order valence-corrected chi connectivity index (χ4v) is 4.49. The van der Waals surface area contributed by atoms with Crippen LogP contribution in [0.25, 0.3) is 0 Å². The van der Waals surface area contributed by atoms with Gasteiger partial charge in [-0.15, -0.1) is 0 Å². The van der Waals surface area contributed by atoms with Gasteiger partial charge < -0.3 is 42.1 Å². The van der Waals surface area contributed by atoms with Crippen LogP contribution in [-0.4, -0.2) is 99.9 Å². The molecule has 0 aromatic carbocycles. The molecular weight excluding hydrogens is 552 g/mol. The third-order valence-corrected chi connectivity index (χ3v) is 7.58. The minimum Gasteiger partial charge on any atom is -0.481 e. The molecule has 0 aromatic rings. The first-order valence-electron chi connectivity index (χ1n) is 14.3. The molecule has 0 saturated carbocycles. The summed E-state index contributed by atoms with van der Waals surface area (Å²) in [6.07, 6.45) is 1.54. The van der Waals surface area contributed by atoms with Gasteiger partial charge in [0.25, 0.3) is 0 Å². The molecule has 238 valence electrons. The van der Waals surface area contributed by atoms with Crippen LogP contribution in [0.2, 0.25) is 0 Å². The number of nitrogens with one attached hydrogen (secondary N) is 4. The minimum atomic E-state index is -1.23. The number of hydrogen-bond acceptors (Lipinski definition) is 8. The van der Waals surface area contributed by atoms with Crippen LogP contribution in [0.15, 0.2) is 0 Å². The summed E-state index contributed by atoms with van der Waals surface area (Å²) in [6.45, 7) is 8.18. The Balaban J connectivity index is 2.93. The van der Waals surface area contributed by atoms with Gasteiger partial charge >= 0.3 is 11.9 Å². The summed E-state index contributed by atoms with van der Waals surface area (Å²) in [7, 11) is 0. The summed E-state index contributed by atoms with van der Waals surface area (Å²) in [5.41, 5.74) is 5.88. The van der Waals surface area contributed by atoms with E-state index >= 15 is 0 Å². The van der Waals surface area contributed by atoms with E-state index in [0.717, 1.165) is 0 Å². The zero-order valence-electron chi connectivity index (χ0n) is 25.0.